The summed E-state index contributed by atoms with van der Waals surface area (Å²) in [4.78, 5) is 9.40. The maximum Gasteiger partial charge on any atom is 0.211 e. The number of anilines is 6. The first-order valence-electron chi connectivity index (χ1n) is 42.4. The number of rotatable bonds is 18. The molecule has 6 nitrogen and oxygen atoms in total. The first-order valence-corrected chi connectivity index (χ1v) is 46.4. The molecular weight excluding hydrogens is 1510 g/mol. The van der Waals surface area contributed by atoms with Crippen LogP contribution < -0.4 is 51.3 Å². The topological polar surface area (TPSA) is 60.9 Å². The average Bonchev–Trinajstić information content (AvgIpc) is 1.11. The monoisotopic (exact) mass is 1600 g/mol. The number of nitrogens with zero attached hydrogens (tertiary/aromatic N) is 4. The molecule has 2 heterocycles. The Bertz CT molecular complexity index is 6920. The molecule has 122 heavy (non-hydrogen) atoms. The molecule has 20 aromatic rings. The Hall–Kier alpha value is -14.4. The summed E-state index contributed by atoms with van der Waals surface area (Å²) in [6.07, 6.45) is 0. The summed E-state index contributed by atoms with van der Waals surface area (Å²) in [5.74, 6) is 0.0162. The molecule has 20 rings (SSSR count). The van der Waals surface area contributed by atoms with Crippen molar-refractivity contribution in [3.05, 3.63) is 413 Å². The zero-order valence-electron chi connectivity index (χ0n) is 70.2. The third-order valence-electron chi connectivity index (χ3n) is 25.8. The summed E-state index contributed by atoms with van der Waals surface area (Å²) in [6, 6.07) is 133. The zero-order valence-corrected chi connectivity index (χ0v) is 72.2. The molecule has 0 aliphatic carbocycles. The highest BCUT2D eigenvalue weighted by molar-refractivity contribution is 7.20. The largest absolute Gasteiger partial charge is 0.454 e. The molecule has 0 aliphatic rings. The van der Waals surface area contributed by atoms with Crippen molar-refractivity contribution in [1.82, 2.24) is 0 Å². The average molecular weight is 1600 g/mol. The molecule has 0 atom stereocenters. The Labute approximate surface area is 715 Å². The molecule has 2 aromatic heterocycles. The van der Waals surface area contributed by atoms with Gasteiger partial charge in [0.25, 0.3) is 0 Å². The molecule has 0 saturated heterocycles. The number of hydrogen-bond acceptors (Lipinski definition) is 5. The Morgan fingerprint density at radius 2 is 0.631 bits per heavy atom. The van der Waals surface area contributed by atoms with Gasteiger partial charge in [0.1, 0.15) is 17.2 Å². The van der Waals surface area contributed by atoms with Gasteiger partial charge in [-0.2, -0.15) is 5.26 Å². The van der Waals surface area contributed by atoms with Crippen LogP contribution in [0.2, 0.25) is 0 Å². The molecule has 0 saturated carbocycles. The Kier molecular flexibility index (Phi) is 19.0. The van der Waals surface area contributed by atoms with Gasteiger partial charge in [0, 0.05) is 37.9 Å². The van der Waals surface area contributed by atoms with E-state index >= 15 is 0 Å². The van der Waals surface area contributed by atoms with Gasteiger partial charge >= 0.3 is 0 Å². The van der Waals surface area contributed by atoms with Crippen LogP contribution in [0.25, 0.3) is 103 Å². The second kappa shape index (κ2) is 30.5. The molecule has 0 spiro atoms. The summed E-state index contributed by atoms with van der Waals surface area (Å²) < 4.78 is 14.6. The second-order valence-corrected chi connectivity index (χ2v) is 41.6. The number of para-hydroxylation sites is 6. The Morgan fingerprint density at radius 1 is 0.303 bits per heavy atom. The lowest BCUT2D eigenvalue weighted by atomic mass is 9.83. The lowest BCUT2D eigenvalue weighted by Gasteiger charge is -2.35. The minimum atomic E-state index is -3.16. The molecular formula is C114H90N4O2Si2. The van der Waals surface area contributed by atoms with E-state index in [1.54, 1.807) is 0 Å². The van der Waals surface area contributed by atoms with Crippen molar-refractivity contribution in [3.8, 4) is 28.3 Å². The summed E-state index contributed by atoms with van der Waals surface area (Å²) in [5.41, 5.74) is 22.1. The van der Waals surface area contributed by atoms with E-state index in [0.717, 1.165) is 133 Å². The normalized spacial score (nSPS) is 12.0. The van der Waals surface area contributed by atoms with Gasteiger partial charge in [-0.25, -0.2) is 4.85 Å². The van der Waals surface area contributed by atoms with Gasteiger partial charge in [-0.05, 0) is 187 Å². The molecule has 0 radical (unpaired) electrons. The lowest BCUT2D eigenvalue weighted by Crippen LogP contribution is -2.74. The van der Waals surface area contributed by atoms with Crippen LogP contribution >= 0.6 is 0 Å². The molecule has 0 aliphatic heterocycles. The van der Waals surface area contributed by atoms with Crippen molar-refractivity contribution in [1.29, 1.82) is 5.26 Å². The van der Waals surface area contributed by atoms with Crippen LogP contribution in [0.5, 0.6) is 0 Å². The van der Waals surface area contributed by atoms with Crippen LogP contribution in [-0.2, 0) is 0 Å². The molecule has 0 N–H and O–H groups in total. The van der Waals surface area contributed by atoms with Crippen molar-refractivity contribution in [3.63, 3.8) is 0 Å². The Morgan fingerprint density at radius 3 is 1.00 bits per heavy atom. The first kappa shape index (κ1) is 76.3. The third kappa shape index (κ3) is 12.4. The summed E-state index contributed by atoms with van der Waals surface area (Å²) >= 11 is 0. The Balaban J connectivity index is 0.879. The van der Waals surface area contributed by atoms with Crippen LogP contribution in [0.4, 0.5) is 39.8 Å². The zero-order chi connectivity index (χ0) is 83.4. The van der Waals surface area contributed by atoms with Crippen LogP contribution in [0, 0.1) is 59.4 Å². The molecule has 0 bridgehead atoms. The van der Waals surface area contributed by atoms with Crippen molar-refractivity contribution in [2.45, 2.75) is 81.1 Å². The van der Waals surface area contributed by atoms with Crippen LogP contribution in [0.1, 0.15) is 89.6 Å². The van der Waals surface area contributed by atoms with Gasteiger partial charge in [0.2, 0.25) is 5.69 Å². The minimum Gasteiger partial charge on any atom is -0.454 e. The number of nitriles is 1. The van der Waals surface area contributed by atoms with E-state index in [2.05, 4.69) is 418 Å². The van der Waals surface area contributed by atoms with E-state index in [1.807, 2.05) is 24.3 Å². The highest BCUT2D eigenvalue weighted by Crippen LogP contribution is 2.57. The summed E-state index contributed by atoms with van der Waals surface area (Å²) in [7, 11) is -6.31. The van der Waals surface area contributed by atoms with E-state index in [-0.39, 0.29) is 11.8 Å². The van der Waals surface area contributed by atoms with Crippen molar-refractivity contribution in [2.24, 2.45) is 0 Å². The van der Waals surface area contributed by atoms with Gasteiger partial charge in [0.05, 0.1) is 46.3 Å². The smallest absolute Gasteiger partial charge is 0.211 e. The maximum atomic E-state index is 12.2. The summed E-state index contributed by atoms with van der Waals surface area (Å²) in [5, 5.41) is 32.7. The second-order valence-electron chi connectivity index (χ2n) is 34.0. The minimum absolute atomic E-state index is 0.00726. The fraction of sp³-hybridized carbons (Fsp3) is 0.105. The fourth-order valence-corrected chi connectivity index (χ4v) is 29.2. The number of aryl methyl sites for hydroxylation is 6. The van der Waals surface area contributed by atoms with Crippen LogP contribution in [0.15, 0.2) is 361 Å². The predicted molar refractivity (Wildman–Crippen MR) is 520 cm³/mol. The van der Waals surface area contributed by atoms with Gasteiger partial charge in [0.15, 0.2) is 27.3 Å². The molecule has 586 valence electrons. The molecule has 0 amide bonds. The van der Waals surface area contributed by atoms with Gasteiger partial charge in [-0.1, -0.05) is 370 Å². The van der Waals surface area contributed by atoms with Crippen molar-refractivity contribution >= 4 is 174 Å². The molecule has 8 heteroatoms. The number of benzene rings is 18. The summed E-state index contributed by atoms with van der Waals surface area (Å²) in [6.45, 7) is 31.8. The van der Waals surface area contributed by atoms with Gasteiger partial charge in [-0.15, -0.1) is 0 Å². The van der Waals surface area contributed by atoms with E-state index in [4.69, 9.17) is 8.83 Å². The number of furan rings is 2. The first-order chi connectivity index (χ1) is 59.5. The van der Waals surface area contributed by atoms with E-state index < -0.39 is 16.1 Å². The fourth-order valence-electron chi connectivity index (χ4n) is 19.8. The molecule has 18 aromatic carbocycles. The molecule has 0 unspecified atom stereocenters. The third-order valence-corrected chi connectivity index (χ3v) is 35.3. The quantitative estimate of drug-likeness (QED) is 0.0371. The van der Waals surface area contributed by atoms with Crippen molar-refractivity contribution in [2.75, 3.05) is 9.80 Å². The number of fused-ring (bicyclic) bond motifs is 6. The van der Waals surface area contributed by atoms with E-state index in [1.165, 1.54) is 74.9 Å². The van der Waals surface area contributed by atoms with Crippen LogP contribution in [0.3, 0.4) is 0 Å². The maximum absolute atomic E-state index is 12.2. The molecule has 0 fully saturated rings. The standard InChI is InChI=1S/C114H90N4O2Si2/c1-71(2)100-68-105(117(103-34-20-31-96-92-27-12-14-36-107(92)119-113(96)103)111-81(70-115)24-18-29-90(111)79-22-16-25-88(66-79)121(82-50-38-73(5)39-51-82,83-52-40-74(6)41-53-83)84-54-42-75(7)43-55-84)98-64-62-95-101(72(3)4)69-106(99-65-63-94(100)109(98)110(95)99)118(104-35-21-32-97-93-28-13-15-37-108(93)120-114(97)104)112-91(30-19-33-102(112)116-11)80-23-17-26-89(67-80)122(85-56-44-76(8)45-57-85,86-58-46-77(9)47-59-86)87-60-48-78(10)49-61-87/h12-69,71-72H,1-10H3. The van der Waals surface area contributed by atoms with Gasteiger partial charge in [-0.3, -0.25) is 0 Å². The highest BCUT2D eigenvalue weighted by Gasteiger charge is 2.44. The lowest BCUT2D eigenvalue weighted by molar-refractivity contribution is 0.669. The van der Waals surface area contributed by atoms with E-state index in [9.17, 15) is 11.8 Å². The van der Waals surface area contributed by atoms with Crippen LogP contribution in [-0.4, -0.2) is 16.1 Å². The predicted octanol–water partition coefficient (Wildman–Crippen LogP) is 25.9. The van der Waals surface area contributed by atoms with Gasteiger partial charge < -0.3 is 18.6 Å². The van der Waals surface area contributed by atoms with Crippen molar-refractivity contribution < 1.29 is 8.83 Å². The number of hydrogen-bond donors (Lipinski definition) is 0. The SMILES string of the molecule is [C-]#[N+]c1cccc(-c2cccc([Si](c3ccc(C)cc3)(c3ccc(C)cc3)c3ccc(C)cc3)c2)c1N(c1cc(C(C)C)c2ccc3c(N(c4c(C#N)cccc4-c4cccc([Si](c5ccc(C)cc5)(c5ccc(C)cc5)c5ccc(C)cc5)c4)c4cccc5c4oc4ccccc45)cc(C(C)C)c4ccc1c2c43)c1cccc2c1oc1ccccc12. The highest BCUT2D eigenvalue weighted by atomic mass is 28.3. The van der Waals surface area contributed by atoms with E-state index in [0.29, 0.717) is 22.4 Å².